The second kappa shape index (κ2) is 14.4. The Morgan fingerprint density at radius 3 is 2.31 bits per heavy atom. The zero-order valence-corrected chi connectivity index (χ0v) is 21.6. The van der Waals surface area contributed by atoms with E-state index in [9.17, 15) is 18.3 Å². The molecule has 0 radical (unpaired) electrons. The van der Waals surface area contributed by atoms with Gasteiger partial charge < -0.3 is 18.8 Å². The fraction of sp³-hybridized carbons (Fsp3) is 0.444. The first-order chi connectivity index (χ1) is 16.8. The third-order valence-corrected chi connectivity index (χ3v) is 6.62. The molecule has 8 heteroatoms. The fourth-order valence-corrected chi connectivity index (χ4v) is 4.52. The summed E-state index contributed by atoms with van der Waals surface area (Å²) in [4.78, 5) is 11.2. The van der Waals surface area contributed by atoms with E-state index in [4.69, 9.17) is 13.7 Å². The number of unbranched alkanes of at least 4 members (excludes halogenated alkanes) is 2. The van der Waals surface area contributed by atoms with E-state index in [0.717, 1.165) is 55.4 Å². The molecule has 35 heavy (non-hydrogen) atoms. The van der Waals surface area contributed by atoms with Gasteiger partial charge in [-0.2, -0.15) is 8.42 Å². The van der Waals surface area contributed by atoms with Gasteiger partial charge in [0.15, 0.2) is 0 Å². The van der Waals surface area contributed by atoms with E-state index in [1.165, 1.54) is 13.2 Å². The van der Waals surface area contributed by atoms with Crippen LogP contribution in [0.5, 0.6) is 11.5 Å². The summed E-state index contributed by atoms with van der Waals surface area (Å²) in [5.41, 5.74) is 2.83. The van der Waals surface area contributed by atoms with Gasteiger partial charge in [-0.3, -0.25) is 0 Å². The molecule has 0 aliphatic rings. The normalized spacial score (nSPS) is 11.8. The van der Waals surface area contributed by atoms with E-state index in [1.807, 2.05) is 37.3 Å². The number of hydrogen-bond donors (Lipinski definition) is 1. The van der Waals surface area contributed by atoms with E-state index in [1.54, 1.807) is 12.1 Å². The van der Waals surface area contributed by atoms with Gasteiger partial charge in [0.2, 0.25) is 5.76 Å². The molecule has 0 heterocycles. The van der Waals surface area contributed by atoms with Crippen molar-refractivity contribution in [2.24, 2.45) is 0 Å². The lowest BCUT2D eigenvalue weighted by Crippen LogP contribution is -2.13. The van der Waals surface area contributed by atoms with Crippen LogP contribution in [-0.4, -0.2) is 39.0 Å². The minimum absolute atomic E-state index is 0.0194. The third kappa shape index (κ3) is 10.0. The summed E-state index contributed by atoms with van der Waals surface area (Å²) in [6.07, 6.45) is 7.26. The Hall–Kier alpha value is -3.00. The van der Waals surface area contributed by atoms with Crippen LogP contribution in [-0.2, 0) is 32.5 Å². The summed E-state index contributed by atoms with van der Waals surface area (Å²) in [6, 6.07) is 12.8. The van der Waals surface area contributed by atoms with Gasteiger partial charge >= 0.3 is 16.1 Å². The molecule has 0 aromatic heterocycles. The molecule has 192 valence electrons. The second-order valence-electron chi connectivity index (χ2n) is 8.28. The van der Waals surface area contributed by atoms with Crippen LogP contribution in [0.3, 0.4) is 0 Å². The van der Waals surface area contributed by atoms with Gasteiger partial charge in [0.25, 0.3) is 0 Å². The van der Waals surface area contributed by atoms with E-state index < -0.39 is 16.1 Å². The molecule has 2 aromatic rings. The van der Waals surface area contributed by atoms with E-state index >= 15 is 0 Å². The molecule has 0 unspecified atom stereocenters. The lowest BCUT2D eigenvalue weighted by Gasteiger charge is -2.13. The Bertz CT molecular complexity index is 1070. The molecule has 0 aliphatic heterocycles. The van der Waals surface area contributed by atoms with Gasteiger partial charge in [0, 0.05) is 0 Å². The van der Waals surface area contributed by atoms with Gasteiger partial charge in [-0.15, -0.1) is 0 Å². The van der Waals surface area contributed by atoms with Crippen LogP contribution >= 0.6 is 0 Å². The van der Waals surface area contributed by atoms with Gasteiger partial charge in [0.05, 0.1) is 19.5 Å². The van der Waals surface area contributed by atoms with E-state index in [-0.39, 0.29) is 11.5 Å². The molecule has 0 bridgehead atoms. The van der Waals surface area contributed by atoms with Gasteiger partial charge in [-0.25, -0.2) is 4.79 Å². The maximum atomic E-state index is 12.0. The maximum Gasteiger partial charge on any atom is 0.371 e. The van der Waals surface area contributed by atoms with Crippen LogP contribution in [0.1, 0.15) is 62.6 Å². The Balaban J connectivity index is 2.03. The number of rotatable bonds is 16. The standard InChI is InChI=1S/C27H36O7S/c1-4-6-17-33-25-19-22(20-26(32-3)27(28)29)11-14-23(25)10-8-9-21-12-15-24(16-13-21)34-35(30,31)18-7-5-2/h11-16,19-20H,4-10,17-18H2,1-3H3,(H,28,29). The van der Waals surface area contributed by atoms with Gasteiger partial charge in [-0.1, -0.05) is 51.0 Å². The highest BCUT2D eigenvalue weighted by molar-refractivity contribution is 7.87. The summed E-state index contributed by atoms with van der Waals surface area (Å²) in [7, 11) is -2.22. The molecule has 0 atom stereocenters. The number of carboxylic acids is 1. The van der Waals surface area contributed by atoms with Crippen LogP contribution < -0.4 is 8.92 Å². The Kier molecular flexibility index (Phi) is 11.6. The van der Waals surface area contributed by atoms with Crippen LogP contribution in [0, 0.1) is 0 Å². The molecule has 0 saturated heterocycles. The number of hydrogen-bond acceptors (Lipinski definition) is 6. The monoisotopic (exact) mass is 504 g/mol. The van der Waals surface area contributed by atoms with Crippen molar-refractivity contribution in [1.82, 2.24) is 0 Å². The fourth-order valence-electron chi connectivity index (χ4n) is 3.39. The van der Waals surface area contributed by atoms with Crippen molar-refractivity contribution >= 4 is 22.2 Å². The number of benzene rings is 2. The molecule has 0 saturated carbocycles. The summed E-state index contributed by atoms with van der Waals surface area (Å²) < 4.78 is 40.0. The summed E-state index contributed by atoms with van der Waals surface area (Å²) in [5.74, 6) is -0.167. The quantitative estimate of drug-likeness (QED) is 0.137. The molecule has 0 spiro atoms. The highest BCUT2D eigenvalue weighted by Gasteiger charge is 2.12. The van der Waals surface area contributed by atoms with Crippen molar-refractivity contribution < 1.29 is 32.0 Å². The Morgan fingerprint density at radius 2 is 1.69 bits per heavy atom. The van der Waals surface area contributed by atoms with Crippen molar-refractivity contribution in [2.45, 2.75) is 58.8 Å². The second-order valence-corrected chi connectivity index (χ2v) is 9.97. The SMILES string of the molecule is CCCCOc1cc(C=C(OC)C(=O)O)ccc1CCCc1ccc(OS(=O)(=O)CCCC)cc1. The molecule has 0 aliphatic carbocycles. The van der Waals surface area contributed by atoms with Crippen LogP contribution in [0.4, 0.5) is 0 Å². The molecule has 2 aromatic carbocycles. The van der Waals surface area contributed by atoms with Gasteiger partial charge in [0.1, 0.15) is 11.5 Å². The highest BCUT2D eigenvalue weighted by atomic mass is 32.2. The number of carboxylic acid groups (broad SMARTS) is 1. The zero-order chi connectivity index (χ0) is 25.7. The van der Waals surface area contributed by atoms with Crippen molar-refractivity contribution in [3.05, 3.63) is 64.9 Å². The number of aryl methyl sites for hydroxylation is 2. The maximum absolute atomic E-state index is 12.0. The van der Waals surface area contributed by atoms with Crippen LogP contribution in [0.15, 0.2) is 48.2 Å². The van der Waals surface area contributed by atoms with Crippen LogP contribution in [0.2, 0.25) is 0 Å². The summed E-state index contributed by atoms with van der Waals surface area (Å²) >= 11 is 0. The minimum atomic E-state index is -3.55. The lowest BCUT2D eigenvalue weighted by atomic mass is 10.0. The predicted octanol–water partition coefficient (Wildman–Crippen LogP) is 5.62. The zero-order valence-electron chi connectivity index (χ0n) is 20.8. The number of aliphatic carboxylic acids is 1. The molecule has 7 nitrogen and oxygen atoms in total. The van der Waals surface area contributed by atoms with Crippen molar-refractivity contribution in [3.8, 4) is 11.5 Å². The average Bonchev–Trinajstić information content (AvgIpc) is 2.83. The highest BCUT2D eigenvalue weighted by Crippen LogP contribution is 2.25. The summed E-state index contributed by atoms with van der Waals surface area (Å²) in [5, 5.41) is 9.20. The molecular formula is C27H36O7S. The van der Waals surface area contributed by atoms with Crippen molar-refractivity contribution in [3.63, 3.8) is 0 Å². The molecule has 2 rings (SSSR count). The van der Waals surface area contributed by atoms with Crippen molar-refractivity contribution in [1.29, 1.82) is 0 Å². The first-order valence-electron chi connectivity index (χ1n) is 12.0. The van der Waals surface area contributed by atoms with Gasteiger partial charge in [-0.05, 0) is 73.1 Å². The molecular weight excluding hydrogens is 468 g/mol. The molecule has 1 N–H and O–H groups in total. The first kappa shape index (κ1) is 28.2. The van der Waals surface area contributed by atoms with E-state index in [0.29, 0.717) is 24.3 Å². The summed E-state index contributed by atoms with van der Waals surface area (Å²) in [6.45, 7) is 4.63. The lowest BCUT2D eigenvalue weighted by molar-refractivity contribution is -0.135. The minimum Gasteiger partial charge on any atom is -0.493 e. The largest absolute Gasteiger partial charge is 0.493 e. The average molecular weight is 505 g/mol. The topological polar surface area (TPSA) is 99.1 Å². The number of methoxy groups -OCH3 is 1. The van der Waals surface area contributed by atoms with Crippen molar-refractivity contribution in [2.75, 3.05) is 19.5 Å². The number of carbonyl (C=O) groups is 1. The Morgan fingerprint density at radius 1 is 0.971 bits per heavy atom. The first-order valence-corrected chi connectivity index (χ1v) is 13.6. The van der Waals surface area contributed by atoms with Crippen LogP contribution in [0.25, 0.3) is 6.08 Å². The number of ether oxygens (including phenoxy) is 2. The Labute approximate surface area is 208 Å². The molecule has 0 fully saturated rings. The molecule has 0 amide bonds. The predicted molar refractivity (Wildman–Crippen MR) is 137 cm³/mol. The smallest absolute Gasteiger partial charge is 0.371 e. The third-order valence-electron chi connectivity index (χ3n) is 5.38. The van der Waals surface area contributed by atoms with E-state index in [2.05, 4.69) is 6.92 Å².